The van der Waals surface area contributed by atoms with Crippen LogP contribution in [0.1, 0.15) is 0 Å². The molecule has 5 heteroatoms. The van der Waals surface area contributed by atoms with E-state index in [1.807, 2.05) is 0 Å². The predicted molar refractivity (Wildman–Crippen MR) is 16.7 cm³/mol. The molecule has 0 spiro atoms. The minimum atomic E-state index is -1.30. The van der Waals surface area contributed by atoms with Crippen molar-refractivity contribution in [2.75, 3.05) is 0 Å². The molecule has 0 unspecified atom stereocenters. The zero-order valence-electron chi connectivity index (χ0n) is 2.89. The van der Waals surface area contributed by atoms with Gasteiger partial charge in [0.15, 0.2) is 0 Å². The Labute approximate surface area is 33.4 Å². The van der Waals surface area contributed by atoms with Crippen LogP contribution in [-0.4, -0.2) is 11.3 Å². The highest BCUT2D eigenvalue weighted by Crippen LogP contribution is 1.69. The molecule has 4 N–H and O–H groups in total. The maximum atomic E-state index is 11.0. The fourth-order valence-electron chi connectivity index (χ4n) is 0. The first-order valence-electron chi connectivity index (χ1n) is 1.14. The predicted octanol–water partition coefficient (Wildman–Crippen LogP) is -0.875. The Morgan fingerprint density at radius 2 is 2.00 bits per heavy atom. The summed E-state index contributed by atoms with van der Waals surface area (Å²) in [5, 5.41) is -0.694. The van der Waals surface area contributed by atoms with Gasteiger partial charge >= 0.3 is 6.03 Å². The molecule has 36 valence electrons. The molecule has 6 heavy (non-hydrogen) atoms. The highest BCUT2D eigenvalue weighted by Gasteiger charge is 1.95. The van der Waals surface area contributed by atoms with Crippen molar-refractivity contribution in [1.82, 2.24) is 5.23 Å². The van der Waals surface area contributed by atoms with Crippen molar-refractivity contribution in [3.63, 3.8) is 0 Å². The summed E-state index contributed by atoms with van der Waals surface area (Å²) in [4.78, 5) is 9.35. The van der Waals surface area contributed by atoms with E-state index in [1.165, 1.54) is 0 Å². The molecular weight excluding hydrogens is 89.0 g/mol. The van der Waals surface area contributed by atoms with Gasteiger partial charge in [-0.1, -0.05) is 9.71 Å². The van der Waals surface area contributed by atoms with Crippen LogP contribution in [0.3, 0.4) is 0 Å². The van der Waals surface area contributed by atoms with E-state index in [2.05, 4.69) is 11.6 Å². The number of urea groups is 1. The molecule has 0 saturated heterocycles. The number of carbonyl (C=O) groups excluding carboxylic acids is 1. The molecule has 0 fully saturated rings. The average Bonchev–Trinajstić information content (AvgIpc) is 1.36. The van der Waals surface area contributed by atoms with Gasteiger partial charge in [0.1, 0.15) is 0 Å². The number of halogens is 1. The molecular formula is CH4FN3O. The monoisotopic (exact) mass is 93.0 g/mol. The topological polar surface area (TPSA) is 72.4 Å². The molecule has 0 aromatic heterocycles. The summed E-state index contributed by atoms with van der Waals surface area (Å²) in [5.74, 6) is 4.13. The molecule has 0 aromatic carbocycles. The number of rotatable bonds is 0. The first-order valence-corrected chi connectivity index (χ1v) is 1.14. The molecule has 0 aliphatic rings. The van der Waals surface area contributed by atoms with Gasteiger partial charge in [0.25, 0.3) is 0 Å². The summed E-state index contributed by atoms with van der Waals surface area (Å²) in [7, 11) is 0. The van der Waals surface area contributed by atoms with Crippen molar-refractivity contribution in [3.8, 4) is 0 Å². The number of nitrogens with zero attached hydrogens (tertiary/aromatic N) is 1. The third-order valence-corrected chi connectivity index (χ3v) is 0.211. The highest BCUT2D eigenvalue weighted by atomic mass is 19.2. The van der Waals surface area contributed by atoms with E-state index in [1.54, 1.807) is 0 Å². The molecule has 0 bridgehead atoms. The van der Waals surface area contributed by atoms with Crippen LogP contribution in [0.5, 0.6) is 0 Å². The fourth-order valence-corrected chi connectivity index (χ4v) is 0. The molecule has 0 aliphatic heterocycles. The van der Waals surface area contributed by atoms with Gasteiger partial charge in [-0.2, -0.15) is 0 Å². The lowest BCUT2D eigenvalue weighted by Crippen LogP contribution is -2.33. The van der Waals surface area contributed by atoms with Crippen molar-refractivity contribution < 1.29 is 9.28 Å². The number of hydrogen-bond donors (Lipinski definition) is 2. The molecule has 0 atom stereocenters. The van der Waals surface area contributed by atoms with Crippen LogP contribution in [0, 0.1) is 0 Å². The summed E-state index contributed by atoms with van der Waals surface area (Å²) < 4.78 is 11.0. The van der Waals surface area contributed by atoms with Crippen LogP contribution in [0.2, 0.25) is 0 Å². The van der Waals surface area contributed by atoms with E-state index in [-0.39, 0.29) is 0 Å². The van der Waals surface area contributed by atoms with Crippen molar-refractivity contribution in [2.45, 2.75) is 0 Å². The molecule has 0 saturated carbocycles. The quantitative estimate of drug-likeness (QED) is 0.177. The first kappa shape index (κ1) is 5.16. The minimum absolute atomic E-state index is 0.694. The Hall–Kier alpha value is -0.840. The largest absolute Gasteiger partial charge is 0.358 e. The van der Waals surface area contributed by atoms with Gasteiger partial charge in [-0.3, -0.25) is 0 Å². The molecule has 4 nitrogen and oxygen atoms in total. The maximum absolute atomic E-state index is 11.0. The number of nitrogens with two attached hydrogens (primary N) is 2. The van der Waals surface area contributed by atoms with E-state index in [0.717, 1.165) is 0 Å². The Bertz CT molecular complexity index is 61.8. The van der Waals surface area contributed by atoms with Gasteiger partial charge in [0.2, 0.25) is 0 Å². The Morgan fingerprint density at radius 3 is 2.00 bits per heavy atom. The second kappa shape index (κ2) is 1.56. The molecule has 0 radical (unpaired) electrons. The SMILES string of the molecule is NC(=O)N(N)F. The smallest absolute Gasteiger partial charge is 0.348 e. The van der Waals surface area contributed by atoms with Gasteiger partial charge in [-0.15, -0.1) is 0 Å². The molecule has 0 aliphatic carbocycles. The minimum Gasteiger partial charge on any atom is -0.348 e. The zero-order chi connectivity index (χ0) is 5.15. The van der Waals surface area contributed by atoms with Crippen LogP contribution in [0.15, 0.2) is 0 Å². The lowest BCUT2D eigenvalue weighted by Gasteiger charge is -1.94. The summed E-state index contributed by atoms with van der Waals surface area (Å²) in [5.41, 5.74) is 4.22. The summed E-state index contributed by atoms with van der Waals surface area (Å²) >= 11 is 0. The van der Waals surface area contributed by atoms with E-state index in [9.17, 15) is 9.28 Å². The number of amides is 2. The average molecular weight is 93.1 g/mol. The van der Waals surface area contributed by atoms with E-state index >= 15 is 0 Å². The summed E-state index contributed by atoms with van der Waals surface area (Å²) in [6, 6.07) is -1.30. The second-order valence-corrected chi connectivity index (χ2v) is 0.649. The summed E-state index contributed by atoms with van der Waals surface area (Å²) in [6.45, 7) is 0. The molecule has 0 aromatic rings. The van der Waals surface area contributed by atoms with Gasteiger partial charge in [0.05, 0.1) is 0 Å². The normalized spacial score (nSPS) is 7.67. The van der Waals surface area contributed by atoms with E-state index < -0.39 is 11.3 Å². The molecule has 0 rings (SSSR count). The zero-order valence-corrected chi connectivity index (χ0v) is 2.89. The molecule has 2 amide bonds. The Morgan fingerprint density at radius 1 is 1.83 bits per heavy atom. The van der Waals surface area contributed by atoms with Crippen molar-refractivity contribution >= 4 is 6.03 Å². The van der Waals surface area contributed by atoms with E-state index in [4.69, 9.17) is 0 Å². The Kier molecular flexibility index (Phi) is 1.34. The number of primary amides is 1. The van der Waals surface area contributed by atoms with Gasteiger partial charge in [-0.05, 0) is 0 Å². The Balaban J connectivity index is 3.26. The standard InChI is InChI=1S/CH4FN3O/c2-5(4)1(3)6/h4H2,(H2,3,6). The van der Waals surface area contributed by atoms with Gasteiger partial charge in [-0.25, -0.2) is 10.6 Å². The van der Waals surface area contributed by atoms with Crippen molar-refractivity contribution in [1.29, 1.82) is 0 Å². The lowest BCUT2D eigenvalue weighted by atomic mass is 11.1. The fraction of sp³-hybridized carbons (Fsp3) is 0. The third-order valence-electron chi connectivity index (χ3n) is 0.211. The van der Waals surface area contributed by atoms with Crippen LogP contribution >= 0.6 is 0 Å². The summed E-state index contributed by atoms with van der Waals surface area (Å²) in [6.07, 6.45) is 0. The number of hydrogen-bond acceptors (Lipinski definition) is 2. The van der Waals surface area contributed by atoms with Crippen LogP contribution in [-0.2, 0) is 0 Å². The molecule has 0 heterocycles. The van der Waals surface area contributed by atoms with Gasteiger partial charge < -0.3 is 5.73 Å². The third kappa shape index (κ3) is 1.48. The second-order valence-electron chi connectivity index (χ2n) is 0.649. The number of hydrazine groups is 1. The van der Waals surface area contributed by atoms with Crippen LogP contribution < -0.4 is 11.6 Å². The van der Waals surface area contributed by atoms with E-state index in [0.29, 0.717) is 0 Å². The van der Waals surface area contributed by atoms with Crippen molar-refractivity contribution in [3.05, 3.63) is 0 Å². The maximum Gasteiger partial charge on any atom is 0.358 e. The lowest BCUT2D eigenvalue weighted by molar-refractivity contribution is 0.0726. The first-order chi connectivity index (χ1) is 2.64. The van der Waals surface area contributed by atoms with Crippen molar-refractivity contribution in [2.24, 2.45) is 11.6 Å². The van der Waals surface area contributed by atoms with Gasteiger partial charge in [0, 0.05) is 0 Å². The van der Waals surface area contributed by atoms with Crippen LogP contribution in [0.4, 0.5) is 9.28 Å². The highest BCUT2D eigenvalue weighted by molar-refractivity contribution is 5.69. The van der Waals surface area contributed by atoms with Crippen LogP contribution in [0.25, 0.3) is 0 Å². The number of carbonyl (C=O) groups is 1.